The molecule has 4 rings (SSSR count). The van der Waals surface area contributed by atoms with Crippen LogP contribution in [-0.2, 0) is 0 Å². The molecule has 2 unspecified atom stereocenters. The van der Waals surface area contributed by atoms with E-state index >= 15 is 0 Å². The molecular weight excluding hydrogens is 320 g/mol. The van der Waals surface area contributed by atoms with Crippen LogP contribution in [0.2, 0.25) is 5.02 Å². The van der Waals surface area contributed by atoms with Crippen LogP contribution in [0.3, 0.4) is 0 Å². The van der Waals surface area contributed by atoms with Crippen LogP contribution in [0.4, 0.5) is 0 Å². The molecule has 0 radical (unpaired) electrons. The smallest absolute Gasteiger partial charge is 0.253 e. The minimum Gasteiger partial charge on any atom is -0.349 e. The van der Waals surface area contributed by atoms with Crippen molar-refractivity contribution in [2.75, 3.05) is 0 Å². The van der Waals surface area contributed by atoms with Gasteiger partial charge in [-0.25, -0.2) is 0 Å². The highest BCUT2D eigenvalue weighted by atomic mass is 35.5. The van der Waals surface area contributed by atoms with Crippen LogP contribution in [-0.4, -0.2) is 24.0 Å². The number of halogens is 1. The van der Waals surface area contributed by atoms with E-state index in [-0.39, 0.29) is 11.9 Å². The van der Waals surface area contributed by atoms with Gasteiger partial charge in [0, 0.05) is 18.1 Å². The van der Waals surface area contributed by atoms with Crippen molar-refractivity contribution in [1.29, 1.82) is 0 Å². The zero-order valence-corrected chi connectivity index (χ0v) is 14.2. The third kappa shape index (κ3) is 3.19. The number of nitrogens with one attached hydrogen (secondary N) is 2. The predicted octanol–water partition coefficient (Wildman–Crippen LogP) is 4.02. The second-order valence-electron chi connectivity index (χ2n) is 6.84. The number of rotatable bonds is 3. The second kappa shape index (κ2) is 6.58. The van der Waals surface area contributed by atoms with Crippen LogP contribution >= 0.6 is 11.6 Å². The first-order valence-corrected chi connectivity index (χ1v) is 8.99. The Balaban J connectivity index is 1.53. The fourth-order valence-corrected chi connectivity index (χ4v) is 4.15. The highest BCUT2D eigenvalue weighted by Gasteiger charge is 2.34. The summed E-state index contributed by atoms with van der Waals surface area (Å²) in [5.74, 6) is -0.0657. The molecule has 0 saturated carbocycles. The molecule has 2 aromatic rings. The summed E-state index contributed by atoms with van der Waals surface area (Å²) >= 11 is 6.29. The molecule has 4 heteroatoms. The first kappa shape index (κ1) is 15.7. The summed E-state index contributed by atoms with van der Waals surface area (Å²) in [5.41, 5.74) is 2.66. The zero-order chi connectivity index (χ0) is 16.5. The van der Waals surface area contributed by atoms with Crippen molar-refractivity contribution in [3.63, 3.8) is 0 Å². The lowest BCUT2D eigenvalue weighted by atomic mass is 9.98. The predicted molar refractivity (Wildman–Crippen MR) is 97.3 cm³/mol. The van der Waals surface area contributed by atoms with E-state index in [1.165, 1.54) is 12.8 Å². The molecule has 0 aromatic heterocycles. The molecular formula is C20H21ClN2O. The molecule has 2 aliphatic heterocycles. The Morgan fingerprint density at radius 2 is 1.71 bits per heavy atom. The summed E-state index contributed by atoms with van der Waals surface area (Å²) in [6.07, 6.45) is 4.47. The fraction of sp³-hybridized carbons (Fsp3) is 0.350. The molecule has 0 spiro atoms. The molecule has 2 saturated heterocycles. The largest absolute Gasteiger partial charge is 0.349 e. The highest BCUT2D eigenvalue weighted by molar-refractivity contribution is 6.34. The van der Waals surface area contributed by atoms with Crippen LogP contribution in [0.5, 0.6) is 0 Å². The first-order valence-electron chi connectivity index (χ1n) is 8.61. The van der Waals surface area contributed by atoms with E-state index in [0.29, 0.717) is 22.7 Å². The Morgan fingerprint density at radius 3 is 2.42 bits per heavy atom. The van der Waals surface area contributed by atoms with Gasteiger partial charge in [-0.2, -0.15) is 0 Å². The molecule has 1 amide bonds. The van der Waals surface area contributed by atoms with E-state index in [2.05, 4.69) is 10.6 Å². The van der Waals surface area contributed by atoms with Gasteiger partial charge in [-0.1, -0.05) is 48.0 Å². The van der Waals surface area contributed by atoms with Crippen molar-refractivity contribution < 1.29 is 4.79 Å². The van der Waals surface area contributed by atoms with Gasteiger partial charge in [0.25, 0.3) is 5.91 Å². The fourth-order valence-electron chi connectivity index (χ4n) is 3.95. The maximum Gasteiger partial charge on any atom is 0.253 e. The summed E-state index contributed by atoms with van der Waals surface area (Å²) in [6.45, 7) is 0. The number of amides is 1. The minimum atomic E-state index is -0.0657. The van der Waals surface area contributed by atoms with Gasteiger partial charge in [0.1, 0.15) is 0 Å². The summed E-state index contributed by atoms with van der Waals surface area (Å²) < 4.78 is 0. The Kier molecular flexibility index (Phi) is 4.30. The minimum absolute atomic E-state index is 0.0657. The molecule has 2 fully saturated rings. The van der Waals surface area contributed by atoms with Gasteiger partial charge in [0.2, 0.25) is 0 Å². The van der Waals surface area contributed by atoms with E-state index < -0.39 is 0 Å². The molecule has 2 aliphatic rings. The number of carbonyl (C=O) groups excluding carboxylic acids is 1. The summed E-state index contributed by atoms with van der Waals surface area (Å²) in [7, 11) is 0. The molecule has 24 heavy (non-hydrogen) atoms. The lowest BCUT2D eigenvalue weighted by molar-refractivity contribution is 0.0924. The summed E-state index contributed by atoms with van der Waals surface area (Å²) in [5, 5.41) is 7.29. The highest BCUT2D eigenvalue weighted by Crippen LogP contribution is 2.28. The van der Waals surface area contributed by atoms with E-state index in [0.717, 1.165) is 24.0 Å². The van der Waals surface area contributed by atoms with Crippen molar-refractivity contribution in [3.8, 4) is 11.1 Å². The average molecular weight is 341 g/mol. The topological polar surface area (TPSA) is 41.1 Å². The SMILES string of the molecule is O=C(NC1CC2CCC(C1)N2)c1cc(-c2ccccc2)ccc1Cl. The number of benzene rings is 2. The quantitative estimate of drug-likeness (QED) is 0.886. The molecule has 0 aliphatic carbocycles. The number of hydrogen-bond acceptors (Lipinski definition) is 2. The van der Waals surface area contributed by atoms with Gasteiger partial charge in [-0.15, -0.1) is 0 Å². The molecule has 124 valence electrons. The van der Waals surface area contributed by atoms with Gasteiger partial charge in [0.15, 0.2) is 0 Å². The molecule has 2 heterocycles. The molecule has 2 aromatic carbocycles. The summed E-state index contributed by atoms with van der Waals surface area (Å²) in [6, 6.07) is 17.1. The summed E-state index contributed by atoms with van der Waals surface area (Å²) in [4.78, 5) is 12.7. The van der Waals surface area contributed by atoms with E-state index in [9.17, 15) is 4.79 Å². The van der Waals surface area contributed by atoms with Crippen LogP contribution in [0.15, 0.2) is 48.5 Å². The Bertz CT molecular complexity index is 735. The van der Waals surface area contributed by atoms with Crippen LogP contribution in [0, 0.1) is 0 Å². The molecule has 2 N–H and O–H groups in total. The van der Waals surface area contributed by atoms with Crippen molar-refractivity contribution in [2.24, 2.45) is 0 Å². The van der Waals surface area contributed by atoms with Crippen molar-refractivity contribution >= 4 is 17.5 Å². The van der Waals surface area contributed by atoms with Gasteiger partial charge >= 0.3 is 0 Å². The lowest BCUT2D eigenvalue weighted by Crippen LogP contribution is -2.48. The molecule has 2 bridgehead atoms. The second-order valence-corrected chi connectivity index (χ2v) is 7.25. The Hall–Kier alpha value is -1.84. The number of hydrogen-bond donors (Lipinski definition) is 2. The first-order chi connectivity index (χ1) is 11.7. The van der Waals surface area contributed by atoms with Crippen molar-refractivity contribution in [2.45, 2.75) is 43.8 Å². The van der Waals surface area contributed by atoms with Gasteiger partial charge in [-0.05, 0) is 48.9 Å². The lowest BCUT2D eigenvalue weighted by Gasteiger charge is -2.29. The normalized spacial score (nSPS) is 25.5. The Labute approximate surface area is 147 Å². The van der Waals surface area contributed by atoms with Crippen LogP contribution in [0.25, 0.3) is 11.1 Å². The molecule has 3 nitrogen and oxygen atoms in total. The number of piperidine rings is 1. The standard InChI is InChI=1S/C20H21ClN2O/c21-19-9-6-14(13-4-2-1-3-5-13)10-18(19)20(24)23-17-11-15-7-8-16(12-17)22-15/h1-6,9-10,15-17,22H,7-8,11-12H2,(H,23,24). The van der Waals surface area contributed by atoms with E-state index in [4.69, 9.17) is 11.6 Å². The van der Waals surface area contributed by atoms with Gasteiger partial charge in [0.05, 0.1) is 10.6 Å². The maximum absolute atomic E-state index is 12.7. The van der Waals surface area contributed by atoms with E-state index in [1.54, 1.807) is 0 Å². The third-order valence-electron chi connectivity index (χ3n) is 5.13. The Morgan fingerprint density at radius 1 is 1.00 bits per heavy atom. The van der Waals surface area contributed by atoms with Crippen molar-refractivity contribution in [3.05, 3.63) is 59.1 Å². The number of fused-ring (bicyclic) bond motifs is 2. The number of carbonyl (C=O) groups is 1. The average Bonchev–Trinajstić information content (AvgIpc) is 2.94. The van der Waals surface area contributed by atoms with Crippen molar-refractivity contribution in [1.82, 2.24) is 10.6 Å². The third-order valence-corrected chi connectivity index (χ3v) is 5.46. The van der Waals surface area contributed by atoms with Gasteiger partial charge in [-0.3, -0.25) is 4.79 Å². The van der Waals surface area contributed by atoms with E-state index in [1.807, 2.05) is 48.5 Å². The van der Waals surface area contributed by atoms with Crippen LogP contribution < -0.4 is 10.6 Å². The van der Waals surface area contributed by atoms with Gasteiger partial charge < -0.3 is 10.6 Å². The monoisotopic (exact) mass is 340 g/mol. The van der Waals surface area contributed by atoms with Crippen LogP contribution in [0.1, 0.15) is 36.0 Å². The maximum atomic E-state index is 12.7. The zero-order valence-electron chi connectivity index (χ0n) is 13.5. The molecule has 2 atom stereocenters.